The fourth-order valence-electron chi connectivity index (χ4n) is 2.31. The van der Waals surface area contributed by atoms with Crippen LogP contribution in [0, 0.1) is 0 Å². The van der Waals surface area contributed by atoms with Crippen LogP contribution in [-0.2, 0) is 11.2 Å². The fraction of sp³-hybridized carbons (Fsp3) is 0.200. The minimum absolute atomic E-state index is 0.0824. The van der Waals surface area contributed by atoms with Crippen molar-refractivity contribution in [1.29, 1.82) is 0 Å². The molecular weight excluding hydrogens is 322 g/mol. The van der Waals surface area contributed by atoms with E-state index in [9.17, 15) is 4.79 Å². The first-order valence-corrected chi connectivity index (χ1v) is 6.96. The molecule has 0 amide bonds. The van der Waals surface area contributed by atoms with Gasteiger partial charge in [0.05, 0.1) is 12.7 Å². The van der Waals surface area contributed by atoms with Crippen LogP contribution >= 0.6 is 15.9 Å². The van der Waals surface area contributed by atoms with Crippen LogP contribution < -0.4 is 4.74 Å². The molecule has 1 aliphatic rings. The predicted molar refractivity (Wildman–Crippen MR) is 76.8 cm³/mol. The molecule has 20 heavy (non-hydrogen) atoms. The molecule has 5 heteroatoms. The molecule has 4 nitrogen and oxygen atoms in total. The summed E-state index contributed by atoms with van der Waals surface area (Å²) >= 11 is 3.43. The average Bonchev–Trinajstić information content (AvgIpc) is 2.89. The molecule has 1 atom stereocenters. The molecule has 0 radical (unpaired) electrons. The number of carbonyl (C=O) groups is 1. The van der Waals surface area contributed by atoms with Gasteiger partial charge in [-0.3, -0.25) is 0 Å². The molecule has 0 fully saturated rings. The van der Waals surface area contributed by atoms with Gasteiger partial charge in [0.1, 0.15) is 16.5 Å². The van der Waals surface area contributed by atoms with E-state index in [2.05, 4.69) is 20.9 Å². The number of halogens is 1. The lowest BCUT2D eigenvalue weighted by Crippen LogP contribution is -2.04. The highest BCUT2D eigenvalue weighted by atomic mass is 79.9. The molecule has 1 unspecified atom stereocenters. The van der Waals surface area contributed by atoms with Crippen LogP contribution in [0.4, 0.5) is 0 Å². The predicted octanol–water partition coefficient (Wildman–Crippen LogP) is 3.31. The minimum atomic E-state index is -0.334. The highest BCUT2D eigenvalue weighted by Gasteiger charge is 2.27. The van der Waals surface area contributed by atoms with Gasteiger partial charge in [0, 0.05) is 18.2 Å². The van der Waals surface area contributed by atoms with Crippen LogP contribution in [-0.4, -0.2) is 18.1 Å². The summed E-state index contributed by atoms with van der Waals surface area (Å²) in [6, 6.07) is 9.21. The van der Waals surface area contributed by atoms with E-state index in [0.717, 1.165) is 21.5 Å². The van der Waals surface area contributed by atoms with E-state index in [1.807, 2.05) is 24.3 Å². The lowest BCUT2D eigenvalue weighted by atomic mass is 10.0. The second kappa shape index (κ2) is 5.25. The van der Waals surface area contributed by atoms with E-state index < -0.39 is 0 Å². The number of rotatable bonds is 2. The normalized spacial score (nSPS) is 16.4. The summed E-state index contributed by atoms with van der Waals surface area (Å²) in [5.74, 6) is 0.470. The number of benzene rings is 1. The summed E-state index contributed by atoms with van der Waals surface area (Å²) in [4.78, 5) is 15.7. The number of pyridine rings is 1. The number of methoxy groups -OCH3 is 1. The zero-order valence-electron chi connectivity index (χ0n) is 10.8. The first kappa shape index (κ1) is 13.1. The van der Waals surface area contributed by atoms with Crippen LogP contribution in [0.1, 0.15) is 27.6 Å². The Morgan fingerprint density at radius 1 is 1.45 bits per heavy atom. The molecule has 102 valence electrons. The molecule has 1 aliphatic heterocycles. The van der Waals surface area contributed by atoms with Crippen LogP contribution in [0.15, 0.2) is 41.1 Å². The van der Waals surface area contributed by atoms with Crippen LogP contribution in [0.3, 0.4) is 0 Å². The molecule has 0 saturated heterocycles. The van der Waals surface area contributed by atoms with Crippen molar-refractivity contribution >= 4 is 21.9 Å². The number of nitrogens with zero attached hydrogens (tertiary/aromatic N) is 1. The van der Waals surface area contributed by atoms with E-state index in [1.165, 1.54) is 7.11 Å². The molecule has 0 aliphatic carbocycles. The molecule has 1 aromatic carbocycles. The van der Waals surface area contributed by atoms with Crippen LogP contribution in [0.25, 0.3) is 0 Å². The van der Waals surface area contributed by atoms with Crippen LogP contribution in [0.5, 0.6) is 5.75 Å². The van der Waals surface area contributed by atoms with E-state index in [-0.39, 0.29) is 12.1 Å². The van der Waals surface area contributed by atoms with Gasteiger partial charge >= 0.3 is 5.97 Å². The van der Waals surface area contributed by atoms with Gasteiger partial charge in [-0.2, -0.15) is 0 Å². The maximum atomic E-state index is 11.5. The van der Waals surface area contributed by atoms with E-state index >= 15 is 0 Å². The van der Waals surface area contributed by atoms with Gasteiger partial charge in [0.15, 0.2) is 0 Å². The third-order valence-electron chi connectivity index (χ3n) is 3.29. The highest BCUT2D eigenvalue weighted by molar-refractivity contribution is 9.10. The third kappa shape index (κ3) is 2.29. The maximum Gasteiger partial charge on any atom is 0.337 e. The van der Waals surface area contributed by atoms with Crippen molar-refractivity contribution in [2.24, 2.45) is 0 Å². The number of esters is 1. The Labute approximate surface area is 124 Å². The second-order valence-electron chi connectivity index (χ2n) is 4.51. The maximum absolute atomic E-state index is 11.5. The van der Waals surface area contributed by atoms with Gasteiger partial charge < -0.3 is 9.47 Å². The SMILES string of the molecule is COC(=O)c1ccc2c(c1)CC(c1cccnc1Br)O2. The monoisotopic (exact) mass is 333 g/mol. The first-order chi connectivity index (χ1) is 9.69. The van der Waals surface area contributed by atoms with Gasteiger partial charge in [-0.05, 0) is 45.8 Å². The smallest absolute Gasteiger partial charge is 0.337 e. The quantitative estimate of drug-likeness (QED) is 0.625. The molecule has 0 bridgehead atoms. The van der Waals surface area contributed by atoms with Gasteiger partial charge in [0.2, 0.25) is 0 Å². The van der Waals surface area contributed by atoms with Crippen molar-refractivity contribution in [3.8, 4) is 5.75 Å². The molecule has 1 aromatic heterocycles. The van der Waals surface area contributed by atoms with E-state index in [0.29, 0.717) is 12.0 Å². The lowest BCUT2D eigenvalue weighted by molar-refractivity contribution is 0.0600. The number of ether oxygens (including phenoxy) is 2. The standard InChI is InChI=1S/C15H12BrNO3/c1-19-15(18)9-4-5-12-10(7-9)8-13(20-12)11-3-2-6-17-14(11)16/h2-7,13H,8H2,1H3. The summed E-state index contributed by atoms with van der Waals surface area (Å²) in [6.07, 6.45) is 2.36. The van der Waals surface area contributed by atoms with Crippen molar-refractivity contribution in [2.75, 3.05) is 7.11 Å². The fourth-order valence-corrected chi connectivity index (χ4v) is 2.81. The number of carbonyl (C=O) groups excluding carboxylic acids is 1. The van der Waals surface area contributed by atoms with E-state index in [1.54, 1.807) is 12.3 Å². The summed E-state index contributed by atoms with van der Waals surface area (Å²) in [5.41, 5.74) is 2.55. The van der Waals surface area contributed by atoms with Crippen molar-refractivity contribution in [3.63, 3.8) is 0 Å². The Morgan fingerprint density at radius 2 is 2.30 bits per heavy atom. The van der Waals surface area contributed by atoms with Crippen LogP contribution in [0.2, 0.25) is 0 Å². The summed E-state index contributed by atoms with van der Waals surface area (Å²) in [6.45, 7) is 0. The topological polar surface area (TPSA) is 48.4 Å². The van der Waals surface area contributed by atoms with Gasteiger partial charge in [-0.25, -0.2) is 9.78 Å². The highest BCUT2D eigenvalue weighted by Crippen LogP contribution is 2.38. The molecule has 0 N–H and O–H groups in total. The van der Waals surface area contributed by atoms with Crippen molar-refractivity contribution in [1.82, 2.24) is 4.98 Å². The Morgan fingerprint density at radius 3 is 3.05 bits per heavy atom. The molecule has 0 saturated carbocycles. The van der Waals surface area contributed by atoms with Gasteiger partial charge in [-0.15, -0.1) is 0 Å². The van der Waals surface area contributed by atoms with Gasteiger partial charge in [-0.1, -0.05) is 6.07 Å². The summed E-state index contributed by atoms with van der Waals surface area (Å²) in [7, 11) is 1.38. The van der Waals surface area contributed by atoms with Gasteiger partial charge in [0.25, 0.3) is 0 Å². The van der Waals surface area contributed by atoms with Crippen molar-refractivity contribution < 1.29 is 14.3 Å². The number of fused-ring (bicyclic) bond motifs is 1. The molecule has 2 aromatic rings. The average molecular weight is 334 g/mol. The second-order valence-corrected chi connectivity index (χ2v) is 5.26. The van der Waals surface area contributed by atoms with Crippen molar-refractivity contribution in [2.45, 2.75) is 12.5 Å². The minimum Gasteiger partial charge on any atom is -0.485 e. The summed E-state index contributed by atoms with van der Waals surface area (Å²) < 4.78 is 11.4. The van der Waals surface area contributed by atoms with E-state index in [4.69, 9.17) is 9.47 Å². The third-order valence-corrected chi connectivity index (χ3v) is 3.95. The zero-order chi connectivity index (χ0) is 14.1. The Hall–Kier alpha value is -1.88. The molecule has 3 rings (SSSR count). The number of hydrogen-bond donors (Lipinski definition) is 0. The van der Waals surface area contributed by atoms with Crippen molar-refractivity contribution in [3.05, 3.63) is 57.8 Å². The molecule has 0 spiro atoms. The first-order valence-electron chi connectivity index (χ1n) is 6.17. The Balaban J connectivity index is 1.89. The number of aromatic nitrogens is 1. The molecular formula is C15H12BrNO3. The zero-order valence-corrected chi connectivity index (χ0v) is 12.4. The largest absolute Gasteiger partial charge is 0.485 e. The number of hydrogen-bond acceptors (Lipinski definition) is 4. The lowest BCUT2D eigenvalue weighted by Gasteiger charge is -2.11. The Kier molecular flexibility index (Phi) is 3.44. The molecule has 2 heterocycles. The summed E-state index contributed by atoms with van der Waals surface area (Å²) in [5, 5.41) is 0. The Bertz CT molecular complexity index is 672.